The minimum atomic E-state index is 0.0759. The van der Waals surface area contributed by atoms with E-state index in [1.165, 1.54) is 11.1 Å². The molecule has 0 aliphatic carbocycles. The number of nitrogens with zero attached hydrogens (tertiary/aromatic N) is 1. The van der Waals surface area contributed by atoms with Gasteiger partial charge in [-0.2, -0.15) is 0 Å². The highest BCUT2D eigenvalue weighted by atomic mass is 16.1. The first-order valence-electron chi connectivity index (χ1n) is 7.67. The van der Waals surface area contributed by atoms with Crippen molar-refractivity contribution in [3.63, 3.8) is 0 Å². The molecule has 2 nitrogen and oxygen atoms in total. The quantitative estimate of drug-likeness (QED) is 0.855. The SMILES string of the molecule is O=C1CCN(Cc2ccccc2)CCC1c1ccccc1. The summed E-state index contributed by atoms with van der Waals surface area (Å²) in [5.74, 6) is 0.462. The van der Waals surface area contributed by atoms with Crippen LogP contribution in [0.2, 0.25) is 0 Å². The molecule has 0 saturated carbocycles. The molecule has 2 heteroatoms. The van der Waals surface area contributed by atoms with Gasteiger partial charge in [-0.05, 0) is 24.1 Å². The van der Waals surface area contributed by atoms with E-state index in [2.05, 4.69) is 41.3 Å². The summed E-state index contributed by atoms with van der Waals surface area (Å²) in [5.41, 5.74) is 2.49. The predicted molar refractivity (Wildman–Crippen MR) is 85.1 cm³/mol. The molecular formula is C19H21NO. The fourth-order valence-corrected chi connectivity index (χ4v) is 3.06. The van der Waals surface area contributed by atoms with E-state index in [1.807, 2.05) is 24.3 Å². The van der Waals surface area contributed by atoms with Crippen molar-refractivity contribution >= 4 is 5.78 Å². The zero-order valence-corrected chi connectivity index (χ0v) is 12.2. The van der Waals surface area contributed by atoms with Crippen LogP contribution in [0.5, 0.6) is 0 Å². The van der Waals surface area contributed by atoms with E-state index in [0.717, 1.165) is 26.1 Å². The number of carbonyl (C=O) groups is 1. The minimum absolute atomic E-state index is 0.0759. The van der Waals surface area contributed by atoms with E-state index in [4.69, 9.17) is 0 Å². The molecule has 3 rings (SSSR count). The number of hydrogen-bond acceptors (Lipinski definition) is 2. The van der Waals surface area contributed by atoms with E-state index < -0.39 is 0 Å². The Kier molecular flexibility index (Phi) is 4.46. The Bertz CT molecular complexity index is 579. The van der Waals surface area contributed by atoms with Crippen LogP contribution in [0.3, 0.4) is 0 Å². The summed E-state index contributed by atoms with van der Waals surface area (Å²) >= 11 is 0. The van der Waals surface area contributed by atoms with E-state index in [9.17, 15) is 4.79 Å². The molecule has 1 aliphatic rings. The highest BCUT2D eigenvalue weighted by Crippen LogP contribution is 2.25. The van der Waals surface area contributed by atoms with E-state index in [-0.39, 0.29) is 5.92 Å². The maximum atomic E-state index is 12.4. The van der Waals surface area contributed by atoms with Crippen LogP contribution in [0, 0.1) is 0 Å². The summed E-state index contributed by atoms with van der Waals surface area (Å²) in [6.07, 6.45) is 1.59. The zero-order valence-electron chi connectivity index (χ0n) is 12.2. The number of likely N-dealkylation sites (tertiary alicyclic amines) is 1. The molecule has 1 fully saturated rings. The zero-order chi connectivity index (χ0) is 14.5. The summed E-state index contributed by atoms with van der Waals surface area (Å²) in [5, 5.41) is 0. The molecule has 0 amide bonds. The standard InChI is InChI=1S/C19H21NO/c21-19-12-14-20(15-16-7-3-1-4-8-16)13-11-18(19)17-9-5-2-6-10-17/h1-10,18H,11-15H2. The molecule has 0 bridgehead atoms. The fraction of sp³-hybridized carbons (Fsp3) is 0.316. The van der Waals surface area contributed by atoms with Gasteiger partial charge in [0.15, 0.2) is 0 Å². The summed E-state index contributed by atoms with van der Waals surface area (Å²) in [7, 11) is 0. The van der Waals surface area contributed by atoms with E-state index >= 15 is 0 Å². The molecule has 2 aromatic rings. The normalized spacial score (nSPS) is 20.2. The van der Waals surface area contributed by atoms with Crippen molar-refractivity contribution in [2.45, 2.75) is 25.3 Å². The Labute approximate surface area is 126 Å². The van der Waals surface area contributed by atoms with Crippen LogP contribution in [0.1, 0.15) is 29.9 Å². The molecule has 0 radical (unpaired) electrons. The largest absolute Gasteiger partial charge is 0.299 e. The third-order valence-corrected chi connectivity index (χ3v) is 4.25. The van der Waals surface area contributed by atoms with Gasteiger partial charge in [-0.1, -0.05) is 60.7 Å². The average molecular weight is 279 g/mol. The van der Waals surface area contributed by atoms with Crippen molar-refractivity contribution in [3.8, 4) is 0 Å². The van der Waals surface area contributed by atoms with Crippen molar-refractivity contribution in [2.75, 3.05) is 13.1 Å². The summed E-state index contributed by atoms with van der Waals surface area (Å²) in [6, 6.07) is 20.7. The molecule has 2 aromatic carbocycles. The lowest BCUT2D eigenvalue weighted by Gasteiger charge is -2.19. The Morgan fingerprint density at radius 1 is 0.905 bits per heavy atom. The highest BCUT2D eigenvalue weighted by Gasteiger charge is 2.25. The third kappa shape index (κ3) is 3.59. The van der Waals surface area contributed by atoms with Crippen molar-refractivity contribution < 1.29 is 4.79 Å². The first-order chi connectivity index (χ1) is 10.3. The van der Waals surface area contributed by atoms with Crippen LogP contribution in [-0.4, -0.2) is 23.8 Å². The monoisotopic (exact) mass is 279 g/mol. The Hall–Kier alpha value is -1.93. The first-order valence-corrected chi connectivity index (χ1v) is 7.67. The molecule has 0 aromatic heterocycles. The summed E-state index contributed by atoms with van der Waals surface area (Å²) in [4.78, 5) is 14.8. The minimum Gasteiger partial charge on any atom is -0.299 e. The molecule has 0 N–H and O–H groups in total. The van der Waals surface area contributed by atoms with Crippen molar-refractivity contribution in [1.29, 1.82) is 0 Å². The Balaban J connectivity index is 1.67. The maximum absolute atomic E-state index is 12.4. The molecular weight excluding hydrogens is 258 g/mol. The predicted octanol–water partition coefficient (Wildman–Crippen LogP) is 3.64. The molecule has 108 valence electrons. The van der Waals surface area contributed by atoms with Gasteiger partial charge in [0.05, 0.1) is 0 Å². The van der Waals surface area contributed by atoms with E-state index in [1.54, 1.807) is 0 Å². The van der Waals surface area contributed by atoms with Crippen LogP contribution in [0.25, 0.3) is 0 Å². The van der Waals surface area contributed by atoms with Gasteiger partial charge in [0, 0.05) is 25.4 Å². The highest BCUT2D eigenvalue weighted by molar-refractivity contribution is 5.86. The third-order valence-electron chi connectivity index (χ3n) is 4.25. The summed E-state index contributed by atoms with van der Waals surface area (Å²) < 4.78 is 0. The topological polar surface area (TPSA) is 20.3 Å². The van der Waals surface area contributed by atoms with Gasteiger partial charge in [0.1, 0.15) is 5.78 Å². The van der Waals surface area contributed by atoms with Gasteiger partial charge in [-0.25, -0.2) is 0 Å². The molecule has 1 atom stereocenters. The fourth-order valence-electron chi connectivity index (χ4n) is 3.06. The second-order valence-corrected chi connectivity index (χ2v) is 5.73. The number of ketones is 1. The number of Topliss-reactive ketones (excluding diaryl/α,β-unsaturated/α-hetero) is 1. The van der Waals surface area contributed by atoms with Gasteiger partial charge in [-0.3, -0.25) is 9.69 Å². The lowest BCUT2D eigenvalue weighted by molar-refractivity contribution is -0.120. The van der Waals surface area contributed by atoms with Crippen LogP contribution >= 0.6 is 0 Å². The maximum Gasteiger partial charge on any atom is 0.141 e. The van der Waals surface area contributed by atoms with Crippen LogP contribution in [-0.2, 0) is 11.3 Å². The van der Waals surface area contributed by atoms with Crippen LogP contribution in [0.15, 0.2) is 60.7 Å². The van der Waals surface area contributed by atoms with Crippen molar-refractivity contribution in [1.82, 2.24) is 4.90 Å². The molecule has 1 aliphatic heterocycles. The molecule has 1 saturated heterocycles. The number of carbonyl (C=O) groups excluding carboxylic acids is 1. The van der Waals surface area contributed by atoms with Gasteiger partial charge in [0.2, 0.25) is 0 Å². The van der Waals surface area contributed by atoms with Gasteiger partial charge in [0.25, 0.3) is 0 Å². The molecule has 0 spiro atoms. The molecule has 1 heterocycles. The van der Waals surface area contributed by atoms with Crippen molar-refractivity contribution in [2.24, 2.45) is 0 Å². The average Bonchev–Trinajstić information content (AvgIpc) is 2.71. The number of hydrogen-bond donors (Lipinski definition) is 0. The van der Waals surface area contributed by atoms with Gasteiger partial charge in [-0.15, -0.1) is 0 Å². The first kappa shape index (κ1) is 14.0. The Morgan fingerprint density at radius 3 is 2.29 bits per heavy atom. The Morgan fingerprint density at radius 2 is 1.57 bits per heavy atom. The van der Waals surface area contributed by atoms with Gasteiger partial charge < -0.3 is 0 Å². The lowest BCUT2D eigenvalue weighted by atomic mass is 9.91. The van der Waals surface area contributed by atoms with Gasteiger partial charge >= 0.3 is 0 Å². The molecule has 21 heavy (non-hydrogen) atoms. The number of benzene rings is 2. The second kappa shape index (κ2) is 6.68. The van der Waals surface area contributed by atoms with E-state index in [0.29, 0.717) is 12.2 Å². The second-order valence-electron chi connectivity index (χ2n) is 5.73. The summed E-state index contributed by atoms with van der Waals surface area (Å²) in [6.45, 7) is 2.80. The van der Waals surface area contributed by atoms with Crippen molar-refractivity contribution in [3.05, 3.63) is 71.8 Å². The smallest absolute Gasteiger partial charge is 0.141 e. The molecule has 1 unspecified atom stereocenters. The number of rotatable bonds is 3. The van der Waals surface area contributed by atoms with Crippen LogP contribution < -0.4 is 0 Å². The lowest BCUT2D eigenvalue weighted by Crippen LogP contribution is -2.24. The van der Waals surface area contributed by atoms with Crippen LogP contribution in [0.4, 0.5) is 0 Å².